The number of ketones is 2. The smallest absolute Gasteiger partial charge is 0.222 e. The third-order valence-electron chi connectivity index (χ3n) is 9.28. The second-order valence-electron chi connectivity index (χ2n) is 14.1. The second kappa shape index (κ2) is 25.1. The van der Waals surface area contributed by atoms with Crippen LogP contribution in [0.5, 0.6) is 0 Å². The van der Waals surface area contributed by atoms with Gasteiger partial charge in [0.15, 0.2) is 0 Å². The first kappa shape index (κ1) is 43.1. The number of hydrogen-bond donors (Lipinski definition) is 3. The molecule has 0 unspecified atom stereocenters. The number of methoxy groups -OCH3 is 1. The number of Topliss-reactive ketones (excluding diaryl/α,β-unsaturated/α-hetero) is 2. The zero-order valence-corrected chi connectivity index (χ0v) is 30.4. The van der Waals surface area contributed by atoms with Crippen LogP contribution in [0.2, 0.25) is 0 Å². The molecule has 0 aromatic heterocycles. The molecule has 0 bridgehead atoms. The Balaban J connectivity index is 0. The van der Waals surface area contributed by atoms with Gasteiger partial charge in [-0.15, -0.1) is 0 Å². The molecular formula is C37H72N2O8. The SMILES string of the molecule is CC(C)C(=O)C1CCC1.CC(C)O.CCC(=O)C1CC(NC(=O)CCOC2CCC(OC)CC2)C1.NC(=O)CCOC1CCCCC1.[HH].[HH]. The molecule has 0 aliphatic heterocycles. The number of nitrogens with two attached hydrogens (primary N) is 1. The zero-order valence-electron chi connectivity index (χ0n) is 30.4. The topological polar surface area (TPSA) is 154 Å². The molecule has 4 aliphatic carbocycles. The Morgan fingerprint density at radius 1 is 0.766 bits per heavy atom. The summed E-state index contributed by atoms with van der Waals surface area (Å²) in [6.07, 6.45) is 17.7. The molecule has 0 aromatic carbocycles. The molecule has 0 aromatic rings. The molecule has 278 valence electrons. The fourth-order valence-corrected chi connectivity index (χ4v) is 6.06. The van der Waals surface area contributed by atoms with Gasteiger partial charge in [0, 0.05) is 59.1 Å². The van der Waals surface area contributed by atoms with E-state index >= 15 is 0 Å². The van der Waals surface area contributed by atoms with E-state index in [1.807, 2.05) is 20.8 Å². The maximum Gasteiger partial charge on any atom is 0.222 e. The van der Waals surface area contributed by atoms with Crippen molar-refractivity contribution in [2.24, 2.45) is 23.5 Å². The van der Waals surface area contributed by atoms with E-state index in [0.29, 0.717) is 62.2 Å². The standard InChI is InChI=1S/C17H29NO4.C9H17NO2.C8H14O.C3H8O.2H2/c1-3-16(19)12-10-13(11-12)18-17(20)8-9-22-15-6-4-14(21-2)5-7-15;10-9(11)6-7-12-8-4-2-1-3-5-8;1-6(2)8(9)7-4-3-5-7;1-3(2)4;;/h12-15H,3-11H2,1-2H3,(H,18,20);8H,1-7H2,(H2,10,11);6-7H,3-5H2,1-2H3;3-4H,1-2H3;2*1H. The van der Waals surface area contributed by atoms with Crippen LogP contribution >= 0.6 is 0 Å². The number of aliphatic hydroxyl groups is 1. The van der Waals surface area contributed by atoms with Gasteiger partial charge in [0.1, 0.15) is 11.6 Å². The summed E-state index contributed by atoms with van der Waals surface area (Å²) in [5.41, 5.74) is 4.99. The number of hydrogen-bond acceptors (Lipinski definition) is 8. The summed E-state index contributed by atoms with van der Waals surface area (Å²) in [6, 6.07) is 0.185. The first-order valence-corrected chi connectivity index (χ1v) is 18.4. The summed E-state index contributed by atoms with van der Waals surface area (Å²) in [7, 11) is 1.76. The number of amides is 2. The van der Waals surface area contributed by atoms with Crippen molar-refractivity contribution in [1.29, 1.82) is 0 Å². The molecule has 10 heteroatoms. The highest BCUT2D eigenvalue weighted by molar-refractivity contribution is 5.83. The van der Waals surface area contributed by atoms with Gasteiger partial charge in [-0.1, -0.05) is 46.5 Å². The van der Waals surface area contributed by atoms with E-state index in [2.05, 4.69) is 5.32 Å². The van der Waals surface area contributed by atoms with E-state index in [1.54, 1.807) is 21.0 Å². The van der Waals surface area contributed by atoms with E-state index in [4.69, 9.17) is 25.1 Å². The van der Waals surface area contributed by atoms with E-state index in [1.165, 1.54) is 25.7 Å². The highest BCUT2D eigenvalue weighted by Crippen LogP contribution is 2.30. The molecule has 4 N–H and O–H groups in total. The summed E-state index contributed by atoms with van der Waals surface area (Å²) < 4.78 is 16.6. The first-order chi connectivity index (χ1) is 22.4. The maximum atomic E-state index is 11.8. The van der Waals surface area contributed by atoms with Crippen LogP contribution < -0.4 is 11.1 Å². The van der Waals surface area contributed by atoms with Crippen LogP contribution in [0.1, 0.15) is 147 Å². The number of nitrogens with one attached hydrogen (secondary N) is 1. The predicted octanol–water partition coefficient (Wildman–Crippen LogP) is 6.33. The van der Waals surface area contributed by atoms with Crippen LogP contribution in [0.15, 0.2) is 0 Å². The van der Waals surface area contributed by atoms with Gasteiger partial charge in [-0.2, -0.15) is 0 Å². The highest BCUT2D eigenvalue weighted by atomic mass is 16.5. The lowest BCUT2D eigenvalue weighted by atomic mass is 9.77. The van der Waals surface area contributed by atoms with Gasteiger partial charge < -0.3 is 30.4 Å². The van der Waals surface area contributed by atoms with Gasteiger partial charge in [0.25, 0.3) is 0 Å². The number of aliphatic hydroxyl groups excluding tert-OH is 1. The van der Waals surface area contributed by atoms with Gasteiger partial charge in [-0.3, -0.25) is 19.2 Å². The number of rotatable bonds is 14. The molecule has 4 aliphatic rings. The Labute approximate surface area is 288 Å². The van der Waals surface area contributed by atoms with Crippen LogP contribution in [-0.2, 0) is 33.4 Å². The van der Waals surface area contributed by atoms with Crippen LogP contribution in [0.25, 0.3) is 0 Å². The largest absolute Gasteiger partial charge is 0.394 e. The Kier molecular flexibility index (Phi) is 23.1. The van der Waals surface area contributed by atoms with Crippen LogP contribution in [0.3, 0.4) is 0 Å². The number of primary amides is 1. The van der Waals surface area contributed by atoms with Crippen molar-refractivity contribution in [2.75, 3.05) is 20.3 Å². The van der Waals surface area contributed by atoms with Gasteiger partial charge >= 0.3 is 0 Å². The third-order valence-corrected chi connectivity index (χ3v) is 9.28. The average Bonchev–Trinajstić information content (AvgIpc) is 2.98. The van der Waals surface area contributed by atoms with Crippen LogP contribution in [-0.4, -0.2) is 79.3 Å². The molecule has 4 saturated carbocycles. The van der Waals surface area contributed by atoms with Crippen molar-refractivity contribution in [3.8, 4) is 0 Å². The highest BCUT2D eigenvalue weighted by Gasteiger charge is 2.34. The quantitative estimate of drug-likeness (QED) is 0.194. The van der Waals surface area contributed by atoms with Crippen molar-refractivity contribution in [2.45, 2.75) is 174 Å². The van der Waals surface area contributed by atoms with Crippen molar-refractivity contribution in [3.05, 3.63) is 0 Å². The monoisotopic (exact) mass is 673 g/mol. The zero-order chi connectivity index (χ0) is 35.2. The average molecular weight is 673 g/mol. The van der Waals surface area contributed by atoms with Crippen molar-refractivity contribution in [3.63, 3.8) is 0 Å². The lowest BCUT2D eigenvalue weighted by Gasteiger charge is -2.34. The van der Waals surface area contributed by atoms with Gasteiger partial charge in [-0.25, -0.2) is 0 Å². The Morgan fingerprint density at radius 3 is 1.70 bits per heavy atom. The lowest BCUT2D eigenvalue weighted by molar-refractivity contribution is -0.129. The van der Waals surface area contributed by atoms with E-state index in [0.717, 1.165) is 64.2 Å². The molecule has 0 saturated heterocycles. The third kappa shape index (κ3) is 20.3. The lowest BCUT2D eigenvalue weighted by Crippen LogP contribution is -2.46. The van der Waals surface area contributed by atoms with E-state index in [-0.39, 0.29) is 44.8 Å². The van der Waals surface area contributed by atoms with Gasteiger partial charge in [0.2, 0.25) is 11.8 Å². The molecule has 2 amide bonds. The molecule has 4 fully saturated rings. The maximum absolute atomic E-state index is 11.8. The molecular weight excluding hydrogens is 600 g/mol. The molecule has 0 heterocycles. The summed E-state index contributed by atoms with van der Waals surface area (Å²) >= 11 is 0. The summed E-state index contributed by atoms with van der Waals surface area (Å²) in [5, 5.41) is 11.0. The van der Waals surface area contributed by atoms with Crippen LogP contribution in [0, 0.1) is 17.8 Å². The first-order valence-electron chi connectivity index (χ1n) is 18.4. The summed E-state index contributed by atoms with van der Waals surface area (Å²) in [5.74, 6) is 1.42. The summed E-state index contributed by atoms with van der Waals surface area (Å²) in [6.45, 7) is 10.3. The minimum absolute atomic E-state index is 0. The molecule has 0 spiro atoms. The number of carbonyl (C=O) groups excluding carboxylic acids is 4. The molecule has 0 atom stereocenters. The molecule has 10 nitrogen and oxygen atoms in total. The van der Waals surface area contributed by atoms with Crippen molar-refractivity contribution >= 4 is 23.4 Å². The molecule has 4 rings (SSSR count). The number of ether oxygens (including phenoxy) is 3. The normalized spacial score (nSPS) is 24.2. The minimum Gasteiger partial charge on any atom is -0.394 e. The molecule has 0 radical (unpaired) electrons. The van der Waals surface area contributed by atoms with Crippen molar-refractivity contribution in [1.82, 2.24) is 5.32 Å². The van der Waals surface area contributed by atoms with Gasteiger partial charge in [0.05, 0.1) is 31.5 Å². The van der Waals surface area contributed by atoms with E-state index in [9.17, 15) is 19.2 Å². The Bertz CT molecular complexity index is 881. The van der Waals surface area contributed by atoms with Gasteiger partial charge in [-0.05, 0) is 78.1 Å². The molecule has 47 heavy (non-hydrogen) atoms. The van der Waals surface area contributed by atoms with E-state index < -0.39 is 0 Å². The fourth-order valence-electron chi connectivity index (χ4n) is 6.06. The van der Waals surface area contributed by atoms with Crippen LogP contribution in [0.4, 0.5) is 0 Å². The second-order valence-corrected chi connectivity index (χ2v) is 14.1. The predicted molar refractivity (Wildman–Crippen MR) is 189 cm³/mol. The summed E-state index contributed by atoms with van der Waals surface area (Å²) in [4.78, 5) is 44.8. The Morgan fingerprint density at radius 2 is 1.28 bits per heavy atom. The van der Waals surface area contributed by atoms with Crippen molar-refractivity contribution < 1.29 is 41.3 Å². The minimum atomic E-state index is -0.272. The Hall–Kier alpha value is -1.88. The number of carbonyl (C=O) groups is 4. The fraction of sp³-hybridized carbons (Fsp3) is 0.892.